The molecule has 1 aliphatic carbocycles. The second kappa shape index (κ2) is 10.7. The van der Waals surface area contributed by atoms with Crippen LogP contribution in [0.5, 0.6) is 17.2 Å². The molecule has 0 bridgehead atoms. The molecule has 4 amide bonds. The third-order valence-electron chi connectivity index (χ3n) is 8.26. The first-order valence-electron chi connectivity index (χ1n) is 14.8. The van der Waals surface area contributed by atoms with Crippen LogP contribution < -0.4 is 19.3 Å². The van der Waals surface area contributed by atoms with Crippen molar-refractivity contribution < 1.29 is 28.7 Å². The molecular weight excluding hydrogens is 580 g/mol. The molecule has 5 aromatic carbocycles. The van der Waals surface area contributed by atoms with Crippen molar-refractivity contribution in [1.29, 1.82) is 0 Å². The fourth-order valence-electron chi connectivity index (χ4n) is 6.10. The van der Waals surface area contributed by atoms with Gasteiger partial charge in [0, 0.05) is 33.0 Å². The third-order valence-corrected chi connectivity index (χ3v) is 8.26. The number of nitrogens with zero attached hydrogens (tertiary/aromatic N) is 2. The molecule has 46 heavy (non-hydrogen) atoms. The first-order valence-corrected chi connectivity index (χ1v) is 14.8. The molecule has 0 N–H and O–H groups in total. The zero-order valence-corrected chi connectivity index (χ0v) is 24.3. The molecule has 2 heterocycles. The lowest BCUT2D eigenvalue weighted by Gasteiger charge is -2.32. The molecule has 0 radical (unpaired) electrons. The summed E-state index contributed by atoms with van der Waals surface area (Å²) in [6.45, 7) is 0. The van der Waals surface area contributed by atoms with Gasteiger partial charge in [-0.05, 0) is 110 Å². The molecule has 0 spiro atoms. The first kappa shape index (κ1) is 27.3. The van der Waals surface area contributed by atoms with Gasteiger partial charge in [-0.25, -0.2) is 9.80 Å². The molecule has 8 heteroatoms. The number of allylic oxidation sites excluding steroid dienone is 3. The number of amides is 4. The number of para-hydroxylation sites is 1. The Labute approximate surface area is 263 Å². The number of benzene rings is 5. The number of carbonyl (C=O) groups excluding carboxylic acids is 4. The lowest BCUT2D eigenvalue weighted by Crippen LogP contribution is -2.43. The van der Waals surface area contributed by atoms with Gasteiger partial charge in [-0.3, -0.25) is 19.2 Å². The van der Waals surface area contributed by atoms with Gasteiger partial charge >= 0.3 is 0 Å². The predicted octanol–water partition coefficient (Wildman–Crippen LogP) is 7.85. The van der Waals surface area contributed by atoms with Gasteiger partial charge in [-0.1, -0.05) is 24.3 Å². The number of rotatable bonds is 6. The Kier molecular flexibility index (Phi) is 6.35. The highest BCUT2D eigenvalue weighted by molar-refractivity contribution is 6.42. The maximum atomic E-state index is 13.8. The van der Waals surface area contributed by atoms with Crippen molar-refractivity contribution in [2.24, 2.45) is 0 Å². The van der Waals surface area contributed by atoms with Crippen LogP contribution in [0.2, 0.25) is 0 Å². The SMILES string of the molecule is O=C1c2ccc3c4c(ccc(c24)C(=O)N1c1ccc(OC2=CCCC=C2)cc1)C(=O)N(c1ccc(Oc2ccccc2)cc1)C3=O. The smallest absolute Gasteiger partial charge is 0.265 e. The largest absolute Gasteiger partial charge is 0.458 e. The highest BCUT2D eigenvalue weighted by Crippen LogP contribution is 2.40. The zero-order valence-electron chi connectivity index (χ0n) is 24.3. The van der Waals surface area contributed by atoms with Crippen molar-refractivity contribution in [2.45, 2.75) is 12.8 Å². The molecule has 222 valence electrons. The Morgan fingerprint density at radius 2 is 0.891 bits per heavy atom. The van der Waals surface area contributed by atoms with Gasteiger partial charge in [0.1, 0.15) is 23.0 Å². The van der Waals surface area contributed by atoms with Crippen molar-refractivity contribution in [3.05, 3.63) is 149 Å². The molecule has 0 aromatic heterocycles. The minimum atomic E-state index is -0.543. The molecule has 5 aromatic rings. The fourth-order valence-corrected chi connectivity index (χ4v) is 6.10. The molecule has 0 unspecified atom stereocenters. The molecule has 8 rings (SSSR count). The first-order chi connectivity index (χ1) is 22.5. The second-order valence-electron chi connectivity index (χ2n) is 11.1. The van der Waals surface area contributed by atoms with Gasteiger partial charge in [-0.15, -0.1) is 0 Å². The van der Waals surface area contributed by atoms with Gasteiger partial charge in [0.15, 0.2) is 0 Å². The van der Waals surface area contributed by atoms with Gasteiger partial charge in [0.25, 0.3) is 23.6 Å². The second-order valence-corrected chi connectivity index (χ2v) is 11.1. The van der Waals surface area contributed by atoms with Crippen molar-refractivity contribution in [1.82, 2.24) is 0 Å². The van der Waals surface area contributed by atoms with E-state index in [0.29, 0.717) is 39.4 Å². The quantitative estimate of drug-likeness (QED) is 0.183. The lowest BCUT2D eigenvalue weighted by atomic mass is 9.85. The molecule has 3 aliphatic rings. The Morgan fingerprint density at radius 1 is 0.457 bits per heavy atom. The van der Waals surface area contributed by atoms with Crippen LogP contribution in [0.25, 0.3) is 10.8 Å². The van der Waals surface area contributed by atoms with Crippen molar-refractivity contribution in [3.8, 4) is 17.2 Å². The summed E-state index contributed by atoms with van der Waals surface area (Å²) in [6.07, 6.45) is 7.84. The fraction of sp³-hybridized carbons (Fsp3) is 0.0526. The predicted molar refractivity (Wildman–Crippen MR) is 173 cm³/mol. The molecule has 0 saturated carbocycles. The van der Waals surface area contributed by atoms with Crippen LogP contribution in [-0.4, -0.2) is 23.6 Å². The summed E-state index contributed by atoms with van der Waals surface area (Å²) < 4.78 is 11.8. The molecule has 0 saturated heterocycles. The maximum Gasteiger partial charge on any atom is 0.265 e. The highest BCUT2D eigenvalue weighted by atomic mass is 16.5. The van der Waals surface area contributed by atoms with Crippen molar-refractivity contribution in [3.63, 3.8) is 0 Å². The molecule has 2 aliphatic heterocycles. The summed E-state index contributed by atoms with van der Waals surface area (Å²) in [6, 6.07) is 28.9. The van der Waals surface area contributed by atoms with Crippen molar-refractivity contribution in [2.75, 3.05) is 9.80 Å². The average Bonchev–Trinajstić information content (AvgIpc) is 3.09. The summed E-state index contributed by atoms with van der Waals surface area (Å²) in [4.78, 5) is 57.5. The van der Waals surface area contributed by atoms with E-state index in [2.05, 4.69) is 0 Å². The van der Waals surface area contributed by atoms with Gasteiger partial charge in [0.2, 0.25) is 0 Å². The van der Waals surface area contributed by atoms with Crippen LogP contribution in [0.1, 0.15) is 54.3 Å². The van der Waals surface area contributed by atoms with E-state index in [1.807, 2.05) is 48.6 Å². The van der Waals surface area contributed by atoms with Crippen LogP contribution >= 0.6 is 0 Å². The van der Waals surface area contributed by atoms with Gasteiger partial charge in [0.05, 0.1) is 11.4 Å². The van der Waals surface area contributed by atoms with Gasteiger partial charge in [-0.2, -0.15) is 0 Å². The Bertz CT molecular complexity index is 2100. The van der Waals surface area contributed by atoms with E-state index in [9.17, 15) is 19.2 Å². The minimum Gasteiger partial charge on any atom is -0.458 e. The number of hydrogen-bond donors (Lipinski definition) is 0. The Morgan fingerprint density at radius 3 is 1.33 bits per heavy atom. The molecule has 0 fully saturated rings. The molecular formula is C38H24N2O6. The van der Waals surface area contributed by atoms with Crippen molar-refractivity contribution >= 4 is 45.8 Å². The van der Waals surface area contributed by atoms with Crippen LogP contribution in [0, 0.1) is 0 Å². The Hall–Kier alpha value is -6.28. The molecule has 8 nitrogen and oxygen atoms in total. The molecule has 0 atom stereocenters. The summed E-state index contributed by atoms with van der Waals surface area (Å²) in [5, 5.41) is 0.620. The van der Waals surface area contributed by atoms with Crippen LogP contribution in [-0.2, 0) is 0 Å². The van der Waals surface area contributed by atoms with E-state index in [4.69, 9.17) is 9.47 Å². The summed E-state index contributed by atoms with van der Waals surface area (Å²) >= 11 is 0. The van der Waals surface area contributed by atoms with Gasteiger partial charge < -0.3 is 9.47 Å². The zero-order chi connectivity index (χ0) is 31.4. The van der Waals surface area contributed by atoms with E-state index < -0.39 is 23.6 Å². The average molecular weight is 605 g/mol. The number of anilines is 2. The standard InChI is InChI=1S/C38H24N2O6/c41-35-29-19-21-31-34-32(38(44)40(37(31)43)24-13-17-28(18-14-24)46-26-9-5-2-6-10-26)22-20-30(33(29)34)36(42)39(35)23-11-15-27(16-12-23)45-25-7-3-1-4-8-25/h1,3-5,7-22H,2,6H2. The summed E-state index contributed by atoms with van der Waals surface area (Å²) in [5.41, 5.74) is 1.71. The maximum absolute atomic E-state index is 13.8. The topological polar surface area (TPSA) is 93.2 Å². The third kappa shape index (κ3) is 4.38. The Balaban J connectivity index is 1.11. The van der Waals surface area contributed by atoms with E-state index in [1.54, 1.807) is 72.8 Å². The van der Waals surface area contributed by atoms with E-state index in [1.165, 1.54) is 0 Å². The van der Waals surface area contributed by atoms with E-state index in [-0.39, 0.29) is 22.3 Å². The monoisotopic (exact) mass is 604 g/mol. The normalized spacial score (nSPS) is 15.3. The summed E-state index contributed by atoms with van der Waals surface area (Å²) in [7, 11) is 0. The highest BCUT2D eigenvalue weighted by Gasteiger charge is 2.40. The van der Waals surface area contributed by atoms with E-state index in [0.717, 1.165) is 28.4 Å². The number of carbonyl (C=O) groups is 4. The van der Waals surface area contributed by atoms with E-state index >= 15 is 0 Å². The van der Waals surface area contributed by atoms with Crippen LogP contribution in [0.3, 0.4) is 0 Å². The number of imide groups is 2. The lowest BCUT2D eigenvalue weighted by molar-refractivity contribution is 0.0873. The number of ether oxygens (including phenoxy) is 2. The van der Waals surface area contributed by atoms with Crippen LogP contribution in [0.15, 0.2) is 127 Å². The van der Waals surface area contributed by atoms with Crippen LogP contribution in [0.4, 0.5) is 11.4 Å². The minimum absolute atomic E-state index is 0.237. The number of hydrogen-bond acceptors (Lipinski definition) is 6. The summed E-state index contributed by atoms with van der Waals surface area (Å²) in [5.74, 6) is 0.374.